The van der Waals surface area contributed by atoms with Crippen molar-refractivity contribution < 1.29 is 4.42 Å². The van der Waals surface area contributed by atoms with Crippen LogP contribution in [0.1, 0.15) is 51.0 Å². The Hall–Kier alpha value is -1.77. The maximum Gasteiger partial charge on any atom is 0.336 e. The third-order valence-corrected chi connectivity index (χ3v) is 3.68. The highest BCUT2D eigenvalue weighted by Crippen LogP contribution is 2.24. The number of nitrogen functional groups attached to an aromatic ring is 1. The van der Waals surface area contributed by atoms with E-state index in [9.17, 15) is 4.79 Å². The van der Waals surface area contributed by atoms with Gasteiger partial charge in [-0.3, -0.25) is 0 Å². The van der Waals surface area contributed by atoms with Crippen LogP contribution in [0.2, 0.25) is 0 Å². The van der Waals surface area contributed by atoms with E-state index in [0.717, 1.165) is 23.8 Å². The van der Waals surface area contributed by atoms with E-state index in [4.69, 9.17) is 10.2 Å². The lowest BCUT2D eigenvalue weighted by atomic mass is 10.0. The summed E-state index contributed by atoms with van der Waals surface area (Å²) in [4.78, 5) is 11.6. The normalized spacial score (nSPS) is 11.1. The van der Waals surface area contributed by atoms with Crippen molar-refractivity contribution >= 4 is 16.7 Å². The van der Waals surface area contributed by atoms with Crippen molar-refractivity contribution in [1.82, 2.24) is 0 Å². The molecule has 0 aliphatic rings. The Balaban J connectivity index is 2.07. The van der Waals surface area contributed by atoms with Gasteiger partial charge in [0.2, 0.25) is 0 Å². The molecule has 0 saturated carbocycles. The summed E-state index contributed by atoms with van der Waals surface area (Å²) in [5, 5.41) is 0.903. The van der Waals surface area contributed by atoms with Gasteiger partial charge in [0, 0.05) is 17.1 Å². The predicted molar refractivity (Wildman–Crippen MR) is 84.0 cm³/mol. The Kier molecular flexibility index (Phi) is 5.22. The van der Waals surface area contributed by atoms with Crippen LogP contribution in [0.4, 0.5) is 5.69 Å². The maximum absolute atomic E-state index is 11.6. The summed E-state index contributed by atoms with van der Waals surface area (Å²) < 4.78 is 5.21. The molecule has 2 rings (SSSR count). The Morgan fingerprint density at radius 2 is 1.85 bits per heavy atom. The Morgan fingerprint density at radius 3 is 2.65 bits per heavy atom. The average Bonchev–Trinajstić information content (AvgIpc) is 2.42. The van der Waals surface area contributed by atoms with Crippen LogP contribution < -0.4 is 11.4 Å². The van der Waals surface area contributed by atoms with E-state index >= 15 is 0 Å². The number of unbranched alkanes of at least 4 members (excludes halogenated alkanes) is 5. The minimum Gasteiger partial charge on any atom is -0.423 e. The molecule has 0 unspecified atom stereocenters. The van der Waals surface area contributed by atoms with Crippen LogP contribution in [0, 0.1) is 0 Å². The number of fused-ring (bicyclic) bond motifs is 1. The second-order valence-electron chi connectivity index (χ2n) is 5.33. The molecule has 1 aromatic carbocycles. The van der Waals surface area contributed by atoms with E-state index in [1.165, 1.54) is 32.1 Å². The fraction of sp³-hybridized carbons (Fsp3) is 0.471. The summed E-state index contributed by atoms with van der Waals surface area (Å²) in [6, 6.07) is 7.06. The van der Waals surface area contributed by atoms with Crippen LogP contribution in [0.3, 0.4) is 0 Å². The van der Waals surface area contributed by atoms with Crippen molar-refractivity contribution in [3.8, 4) is 0 Å². The topological polar surface area (TPSA) is 56.2 Å². The fourth-order valence-electron chi connectivity index (χ4n) is 2.62. The Morgan fingerprint density at radius 1 is 1.10 bits per heavy atom. The first-order chi connectivity index (χ1) is 9.72. The van der Waals surface area contributed by atoms with E-state index in [-0.39, 0.29) is 5.63 Å². The molecule has 0 spiro atoms. The zero-order valence-corrected chi connectivity index (χ0v) is 12.2. The summed E-state index contributed by atoms with van der Waals surface area (Å²) >= 11 is 0. The smallest absolute Gasteiger partial charge is 0.336 e. The number of rotatable bonds is 7. The third-order valence-electron chi connectivity index (χ3n) is 3.68. The molecule has 0 saturated heterocycles. The van der Waals surface area contributed by atoms with Crippen molar-refractivity contribution in [1.29, 1.82) is 0 Å². The molecule has 0 bridgehead atoms. The lowest BCUT2D eigenvalue weighted by molar-refractivity contribution is 0.557. The van der Waals surface area contributed by atoms with Crippen LogP contribution in [0.15, 0.2) is 33.5 Å². The molecule has 1 heterocycles. The molecule has 2 aromatic rings. The molecule has 3 nitrogen and oxygen atoms in total. The number of anilines is 1. The molecule has 0 fully saturated rings. The molecule has 0 aliphatic carbocycles. The molecule has 0 aliphatic heterocycles. The third kappa shape index (κ3) is 3.62. The van der Waals surface area contributed by atoms with E-state index in [1.54, 1.807) is 12.1 Å². The number of hydrogen-bond acceptors (Lipinski definition) is 3. The highest BCUT2D eigenvalue weighted by Gasteiger charge is 2.08. The zero-order chi connectivity index (χ0) is 14.4. The molecule has 20 heavy (non-hydrogen) atoms. The van der Waals surface area contributed by atoms with Crippen molar-refractivity contribution in [2.45, 2.75) is 51.9 Å². The monoisotopic (exact) mass is 273 g/mol. The highest BCUT2D eigenvalue weighted by molar-refractivity contribution is 5.91. The molecule has 3 heteroatoms. The van der Waals surface area contributed by atoms with Gasteiger partial charge in [0.05, 0.1) is 0 Å². The summed E-state index contributed by atoms with van der Waals surface area (Å²) in [5.41, 5.74) is 8.03. The first kappa shape index (κ1) is 14.6. The van der Waals surface area contributed by atoms with Crippen LogP contribution in [-0.4, -0.2) is 0 Å². The lowest BCUT2D eigenvalue weighted by Crippen LogP contribution is -2.02. The van der Waals surface area contributed by atoms with Crippen LogP contribution in [-0.2, 0) is 6.42 Å². The van der Waals surface area contributed by atoms with Gasteiger partial charge in [0.1, 0.15) is 5.58 Å². The molecule has 0 radical (unpaired) electrons. The van der Waals surface area contributed by atoms with Gasteiger partial charge < -0.3 is 10.2 Å². The molecule has 0 atom stereocenters. The molecule has 2 N–H and O–H groups in total. The number of nitrogens with two attached hydrogens (primary N) is 1. The molecule has 1 aromatic heterocycles. The van der Waals surface area contributed by atoms with Gasteiger partial charge in [-0.15, -0.1) is 0 Å². The minimum absolute atomic E-state index is 0.288. The Bertz CT molecular complexity index is 616. The summed E-state index contributed by atoms with van der Waals surface area (Å²) in [6.45, 7) is 2.22. The van der Waals surface area contributed by atoms with Crippen molar-refractivity contribution in [3.63, 3.8) is 0 Å². The van der Waals surface area contributed by atoms with Crippen LogP contribution in [0.25, 0.3) is 11.0 Å². The average molecular weight is 273 g/mol. The van der Waals surface area contributed by atoms with Crippen LogP contribution >= 0.6 is 0 Å². The van der Waals surface area contributed by atoms with Gasteiger partial charge in [0.15, 0.2) is 0 Å². The molecule has 108 valence electrons. The highest BCUT2D eigenvalue weighted by atomic mass is 16.4. The summed E-state index contributed by atoms with van der Waals surface area (Å²) in [5.74, 6) is 0. The van der Waals surface area contributed by atoms with Gasteiger partial charge in [-0.1, -0.05) is 45.1 Å². The number of aryl methyl sites for hydroxylation is 1. The lowest BCUT2D eigenvalue weighted by Gasteiger charge is -2.07. The molecule has 0 amide bonds. The number of benzene rings is 1. The maximum atomic E-state index is 11.6. The SMILES string of the molecule is CCCCCCCCc1cc(=O)oc2cccc(N)c12. The number of hydrogen-bond donors (Lipinski definition) is 1. The summed E-state index contributed by atoms with van der Waals surface area (Å²) in [6.07, 6.45) is 8.33. The van der Waals surface area contributed by atoms with Crippen molar-refractivity contribution in [3.05, 3.63) is 40.2 Å². The second kappa shape index (κ2) is 7.13. The van der Waals surface area contributed by atoms with Gasteiger partial charge >= 0.3 is 5.63 Å². The van der Waals surface area contributed by atoms with Gasteiger partial charge in [-0.25, -0.2) is 4.79 Å². The predicted octanol–water partition coefficient (Wildman–Crippen LogP) is 4.28. The first-order valence-electron chi connectivity index (χ1n) is 7.53. The van der Waals surface area contributed by atoms with E-state index in [0.29, 0.717) is 11.3 Å². The van der Waals surface area contributed by atoms with E-state index in [2.05, 4.69) is 6.92 Å². The van der Waals surface area contributed by atoms with Crippen molar-refractivity contribution in [2.75, 3.05) is 5.73 Å². The quantitative estimate of drug-likeness (QED) is 0.465. The zero-order valence-electron chi connectivity index (χ0n) is 12.2. The standard InChI is InChI=1S/C17H23NO2/c1-2-3-4-5-6-7-9-13-12-16(19)20-15-11-8-10-14(18)17(13)15/h8,10-12H,2-7,9,18H2,1H3. The van der Waals surface area contributed by atoms with Crippen molar-refractivity contribution in [2.24, 2.45) is 0 Å². The van der Waals surface area contributed by atoms with E-state index in [1.807, 2.05) is 12.1 Å². The Labute approximate surface area is 119 Å². The fourth-order valence-corrected chi connectivity index (χ4v) is 2.62. The minimum atomic E-state index is -0.288. The van der Waals surface area contributed by atoms with Gasteiger partial charge in [0.25, 0.3) is 0 Å². The van der Waals surface area contributed by atoms with Crippen LogP contribution in [0.5, 0.6) is 0 Å². The van der Waals surface area contributed by atoms with Gasteiger partial charge in [-0.2, -0.15) is 0 Å². The molecular weight excluding hydrogens is 250 g/mol. The van der Waals surface area contributed by atoms with Gasteiger partial charge in [-0.05, 0) is 30.5 Å². The summed E-state index contributed by atoms with van der Waals surface area (Å²) in [7, 11) is 0. The molecular formula is C17H23NO2. The second-order valence-corrected chi connectivity index (χ2v) is 5.33. The van der Waals surface area contributed by atoms with E-state index < -0.39 is 0 Å². The first-order valence-corrected chi connectivity index (χ1v) is 7.53. The largest absolute Gasteiger partial charge is 0.423 e.